The molecule has 0 unspecified atom stereocenters. The summed E-state index contributed by atoms with van der Waals surface area (Å²) in [5.41, 5.74) is 1.87. The van der Waals surface area contributed by atoms with Gasteiger partial charge in [-0.05, 0) is 17.7 Å². The van der Waals surface area contributed by atoms with E-state index >= 15 is 0 Å². The van der Waals surface area contributed by atoms with Gasteiger partial charge >= 0.3 is 0 Å². The summed E-state index contributed by atoms with van der Waals surface area (Å²) in [5, 5.41) is 2.71. The third-order valence-corrected chi connectivity index (χ3v) is 2.16. The van der Waals surface area contributed by atoms with Crippen molar-refractivity contribution in [2.24, 2.45) is 0 Å². The molecule has 1 N–H and O–H groups in total. The molecule has 1 aromatic rings. The molecule has 1 heterocycles. The molecule has 1 aliphatic rings. The highest BCUT2D eigenvalue weighted by atomic mass is 16.5. The number of hydrogen-bond acceptors (Lipinski definition) is 2. The minimum absolute atomic E-state index is 0.214. The van der Waals surface area contributed by atoms with Gasteiger partial charge in [-0.25, -0.2) is 0 Å². The predicted octanol–water partition coefficient (Wildman–Crippen LogP) is 1.75. The molecule has 0 aromatic heterocycles. The molecular weight excluding hydrogens is 178 g/mol. The summed E-state index contributed by atoms with van der Waals surface area (Å²) in [6, 6.07) is 5.74. The SMILES string of the molecule is C=CC(=O)Nc1cccc2c1OCC2. The Morgan fingerprint density at radius 3 is 3.21 bits per heavy atom. The predicted molar refractivity (Wildman–Crippen MR) is 54.5 cm³/mol. The van der Waals surface area contributed by atoms with E-state index in [1.807, 2.05) is 18.2 Å². The van der Waals surface area contributed by atoms with Gasteiger partial charge in [0.1, 0.15) is 5.75 Å². The Hall–Kier alpha value is -1.77. The highest BCUT2D eigenvalue weighted by Crippen LogP contribution is 2.33. The molecule has 1 aromatic carbocycles. The molecule has 0 saturated heterocycles. The van der Waals surface area contributed by atoms with Crippen LogP contribution in [0.15, 0.2) is 30.9 Å². The number of nitrogens with one attached hydrogen (secondary N) is 1. The monoisotopic (exact) mass is 189 g/mol. The number of carbonyl (C=O) groups is 1. The summed E-state index contributed by atoms with van der Waals surface area (Å²) < 4.78 is 5.43. The lowest BCUT2D eigenvalue weighted by Crippen LogP contribution is -2.08. The standard InChI is InChI=1S/C11H11NO2/c1-2-10(13)12-9-5-3-4-8-6-7-14-11(8)9/h2-5H,1,6-7H2,(H,12,13). The van der Waals surface area contributed by atoms with Crippen LogP contribution in [0.1, 0.15) is 5.56 Å². The molecular formula is C11H11NO2. The molecule has 0 fully saturated rings. The summed E-state index contributed by atoms with van der Waals surface area (Å²) in [6.45, 7) is 4.09. The number of fused-ring (bicyclic) bond motifs is 1. The molecule has 0 bridgehead atoms. The van der Waals surface area contributed by atoms with E-state index in [9.17, 15) is 4.79 Å². The van der Waals surface area contributed by atoms with Crippen molar-refractivity contribution in [2.75, 3.05) is 11.9 Å². The number of amides is 1. The number of para-hydroxylation sites is 1. The molecule has 1 amide bonds. The van der Waals surface area contributed by atoms with Crippen LogP contribution in [0.3, 0.4) is 0 Å². The van der Waals surface area contributed by atoms with Crippen LogP contribution in [0, 0.1) is 0 Å². The first kappa shape index (κ1) is 8.81. The molecule has 3 heteroatoms. The molecule has 0 saturated carbocycles. The van der Waals surface area contributed by atoms with Crippen LogP contribution in [0.5, 0.6) is 5.75 Å². The van der Waals surface area contributed by atoms with Crippen molar-refractivity contribution in [1.29, 1.82) is 0 Å². The Kier molecular flexibility index (Phi) is 2.23. The Balaban J connectivity index is 2.30. The zero-order valence-electron chi connectivity index (χ0n) is 7.75. The van der Waals surface area contributed by atoms with Gasteiger partial charge in [0.05, 0.1) is 12.3 Å². The van der Waals surface area contributed by atoms with E-state index in [4.69, 9.17) is 4.74 Å². The fourth-order valence-corrected chi connectivity index (χ4v) is 1.50. The summed E-state index contributed by atoms with van der Waals surface area (Å²) in [5.74, 6) is 0.580. The Bertz CT molecular complexity index is 385. The molecule has 0 atom stereocenters. The average Bonchev–Trinajstić information content (AvgIpc) is 2.66. The van der Waals surface area contributed by atoms with Gasteiger partial charge < -0.3 is 10.1 Å². The summed E-state index contributed by atoms with van der Waals surface area (Å²) in [4.78, 5) is 11.1. The van der Waals surface area contributed by atoms with E-state index in [-0.39, 0.29) is 5.91 Å². The molecule has 0 spiro atoms. The summed E-state index contributed by atoms with van der Waals surface area (Å²) in [7, 11) is 0. The maximum atomic E-state index is 11.1. The van der Waals surface area contributed by atoms with Crippen molar-refractivity contribution in [2.45, 2.75) is 6.42 Å². The van der Waals surface area contributed by atoms with Crippen molar-refractivity contribution in [3.63, 3.8) is 0 Å². The van der Waals surface area contributed by atoms with Crippen LogP contribution in [0.2, 0.25) is 0 Å². The summed E-state index contributed by atoms with van der Waals surface area (Å²) in [6.07, 6.45) is 2.15. The fraction of sp³-hybridized carbons (Fsp3) is 0.182. The van der Waals surface area contributed by atoms with Gasteiger partial charge in [0.25, 0.3) is 0 Å². The lowest BCUT2D eigenvalue weighted by molar-refractivity contribution is -0.111. The van der Waals surface area contributed by atoms with Crippen LogP contribution in [0.25, 0.3) is 0 Å². The Morgan fingerprint density at radius 2 is 2.43 bits per heavy atom. The largest absolute Gasteiger partial charge is 0.491 e. The highest BCUT2D eigenvalue weighted by Gasteiger charge is 2.16. The molecule has 0 aliphatic carbocycles. The number of rotatable bonds is 2. The molecule has 14 heavy (non-hydrogen) atoms. The van der Waals surface area contributed by atoms with Crippen LogP contribution in [-0.2, 0) is 11.2 Å². The van der Waals surface area contributed by atoms with Gasteiger partial charge in [-0.1, -0.05) is 18.7 Å². The summed E-state index contributed by atoms with van der Waals surface area (Å²) >= 11 is 0. The van der Waals surface area contributed by atoms with Gasteiger partial charge in [-0.2, -0.15) is 0 Å². The van der Waals surface area contributed by atoms with Gasteiger partial charge in [0.15, 0.2) is 0 Å². The van der Waals surface area contributed by atoms with Crippen molar-refractivity contribution in [1.82, 2.24) is 0 Å². The van der Waals surface area contributed by atoms with Crippen LogP contribution in [0.4, 0.5) is 5.69 Å². The zero-order valence-corrected chi connectivity index (χ0v) is 7.75. The first-order chi connectivity index (χ1) is 6.81. The van der Waals surface area contributed by atoms with Crippen LogP contribution >= 0.6 is 0 Å². The van der Waals surface area contributed by atoms with Crippen LogP contribution in [-0.4, -0.2) is 12.5 Å². The smallest absolute Gasteiger partial charge is 0.247 e. The van der Waals surface area contributed by atoms with E-state index in [0.29, 0.717) is 6.61 Å². The molecule has 1 aliphatic heterocycles. The van der Waals surface area contributed by atoms with Crippen LogP contribution < -0.4 is 10.1 Å². The number of hydrogen-bond donors (Lipinski definition) is 1. The second-order valence-electron chi connectivity index (χ2n) is 3.09. The normalized spacial score (nSPS) is 12.9. The second kappa shape index (κ2) is 3.54. The number of anilines is 1. The Labute approximate surface area is 82.4 Å². The highest BCUT2D eigenvalue weighted by molar-refractivity contribution is 6.00. The van der Waals surface area contributed by atoms with Crippen molar-refractivity contribution in [3.05, 3.63) is 36.4 Å². The van der Waals surface area contributed by atoms with Gasteiger partial charge in [0.2, 0.25) is 5.91 Å². The Morgan fingerprint density at radius 1 is 1.57 bits per heavy atom. The second-order valence-corrected chi connectivity index (χ2v) is 3.09. The van der Waals surface area contributed by atoms with Crippen molar-refractivity contribution >= 4 is 11.6 Å². The van der Waals surface area contributed by atoms with Gasteiger partial charge in [-0.15, -0.1) is 0 Å². The lowest BCUT2D eigenvalue weighted by atomic mass is 10.1. The molecule has 72 valence electrons. The van der Waals surface area contributed by atoms with E-state index < -0.39 is 0 Å². The topological polar surface area (TPSA) is 38.3 Å². The first-order valence-corrected chi connectivity index (χ1v) is 4.49. The lowest BCUT2D eigenvalue weighted by Gasteiger charge is -2.07. The minimum Gasteiger partial charge on any atom is -0.491 e. The maximum Gasteiger partial charge on any atom is 0.247 e. The van der Waals surface area contributed by atoms with E-state index in [1.165, 1.54) is 6.08 Å². The first-order valence-electron chi connectivity index (χ1n) is 4.49. The quantitative estimate of drug-likeness (QED) is 0.720. The molecule has 2 rings (SSSR count). The van der Waals surface area contributed by atoms with Crippen molar-refractivity contribution < 1.29 is 9.53 Å². The number of carbonyl (C=O) groups excluding carboxylic acids is 1. The average molecular weight is 189 g/mol. The number of benzene rings is 1. The van der Waals surface area contributed by atoms with E-state index in [0.717, 1.165) is 23.4 Å². The maximum absolute atomic E-state index is 11.1. The minimum atomic E-state index is -0.214. The molecule has 3 nitrogen and oxygen atoms in total. The van der Waals surface area contributed by atoms with E-state index in [1.54, 1.807) is 0 Å². The van der Waals surface area contributed by atoms with Crippen molar-refractivity contribution in [3.8, 4) is 5.75 Å². The third-order valence-electron chi connectivity index (χ3n) is 2.16. The van der Waals surface area contributed by atoms with E-state index in [2.05, 4.69) is 11.9 Å². The van der Waals surface area contributed by atoms with Gasteiger partial charge in [-0.3, -0.25) is 4.79 Å². The fourth-order valence-electron chi connectivity index (χ4n) is 1.50. The van der Waals surface area contributed by atoms with Gasteiger partial charge in [0, 0.05) is 6.42 Å². The zero-order chi connectivity index (χ0) is 9.97. The third kappa shape index (κ3) is 1.48. The molecule has 0 radical (unpaired) electrons. The number of ether oxygens (including phenoxy) is 1.